The van der Waals surface area contributed by atoms with E-state index in [0.717, 1.165) is 30.3 Å². The molecule has 0 fully saturated rings. The second kappa shape index (κ2) is 5.80. The van der Waals surface area contributed by atoms with Gasteiger partial charge in [0, 0.05) is 30.3 Å². The van der Waals surface area contributed by atoms with Crippen molar-refractivity contribution < 1.29 is 0 Å². The van der Waals surface area contributed by atoms with Gasteiger partial charge in [0.25, 0.3) is 0 Å². The fourth-order valence-electron chi connectivity index (χ4n) is 1.32. The number of hydrogen-bond acceptors (Lipinski definition) is 4. The van der Waals surface area contributed by atoms with Gasteiger partial charge in [0.05, 0.1) is 0 Å². The van der Waals surface area contributed by atoms with E-state index in [-0.39, 0.29) is 6.04 Å². The molecule has 0 spiro atoms. The highest BCUT2D eigenvalue weighted by Gasteiger charge is 2.06. The maximum Gasteiger partial charge on any atom is 0.133 e. The fraction of sp³-hybridized carbons (Fsp3) is 0.667. The van der Waals surface area contributed by atoms with Gasteiger partial charge in [-0.3, -0.25) is 0 Å². The van der Waals surface area contributed by atoms with E-state index >= 15 is 0 Å². The first-order chi connectivity index (χ1) is 7.52. The predicted octanol–water partition coefficient (Wildman–Crippen LogP) is 2.06. The molecule has 0 radical (unpaired) electrons. The molecule has 3 N–H and O–H groups in total. The average Bonchev–Trinajstić information content (AvgIpc) is 2.25. The van der Waals surface area contributed by atoms with Crippen molar-refractivity contribution in [3.8, 4) is 0 Å². The van der Waals surface area contributed by atoms with Crippen molar-refractivity contribution in [3.05, 3.63) is 17.6 Å². The van der Waals surface area contributed by atoms with E-state index in [1.54, 1.807) is 0 Å². The van der Waals surface area contributed by atoms with Crippen LogP contribution in [-0.2, 0) is 0 Å². The summed E-state index contributed by atoms with van der Waals surface area (Å²) in [6, 6.07) is 2.13. The Morgan fingerprint density at radius 1 is 1.38 bits per heavy atom. The summed E-state index contributed by atoms with van der Waals surface area (Å²) in [6.45, 7) is 9.01. The van der Waals surface area contributed by atoms with Crippen LogP contribution in [0.3, 0.4) is 0 Å². The van der Waals surface area contributed by atoms with Crippen LogP contribution >= 0.6 is 0 Å². The minimum Gasteiger partial charge on any atom is -0.368 e. The second-order valence-electron chi connectivity index (χ2n) is 4.46. The average molecular weight is 222 g/mol. The van der Waals surface area contributed by atoms with Crippen molar-refractivity contribution >= 4 is 5.82 Å². The highest BCUT2D eigenvalue weighted by atomic mass is 15.0. The molecule has 4 nitrogen and oxygen atoms in total. The first-order valence-electron chi connectivity index (χ1n) is 5.88. The van der Waals surface area contributed by atoms with Crippen LogP contribution in [0.15, 0.2) is 6.07 Å². The zero-order chi connectivity index (χ0) is 12.1. The number of aromatic nitrogens is 2. The van der Waals surface area contributed by atoms with Gasteiger partial charge < -0.3 is 11.1 Å². The molecule has 1 aromatic rings. The lowest BCUT2D eigenvalue weighted by atomic mass is 10.2. The number of hydrogen-bond donors (Lipinski definition) is 2. The summed E-state index contributed by atoms with van der Waals surface area (Å²) in [5.74, 6) is 2.10. The molecule has 1 atom stereocenters. The van der Waals surface area contributed by atoms with Gasteiger partial charge in [-0.15, -0.1) is 0 Å². The lowest BCUT2D eigenvalue weighted by molar-refractivity contribution is 0.675. The van der Waals surface area contributed by atoms with Crippen LogP contribution in [-0.4, -0.2) is 22.6 Å². The van der Waals surface area contributed by atoms with Gasteiger partial charge >= 0.3 is 0 Å². The van der Waals surface area contributed by atoms with Gasteiger partial charge in [-0.2, -0.15) is 0 Å². The van der Waals surface area contributed by atoms with Crippen LogP contribution in [0.25, 0.3) is 0 Å². The standard InChI is InChI=1S/C12H22N4/c1-5-10(13)7-14-11-6-9(4)15-12(16-11)8(2)3/h6,8,10H,5,7,13H2,1-4H3,(H,14,15,16). The van der Waals surface area contributed by atoms with Crippen LogP contribution in [0.2, 0.25) is 0 Å². The molecule has 1 unspecified atom stereocenters. The molecule has 1 aromatic heterocycles. The van der Waals surface area contributed by atoms with Gasteiger partial charge in [-0.05, 0) is 13.3 Å². The molecule has 4 heteroatoms. The first kappa shape index (κ1) is 12.9. The van der Waals surface area contributed by atoms with Crippen LogP contribution < -0.4 is 11.1 Å². The molecule has 0 aromatic carbocycles. The summed E-state index contributed by atoms with van der Waals surface area (Å²) in [4.78, 5) is 8.86. The summed E-state index contributed by atoms with van der Waals surface area (Å²) < 4.78 is 0. The van der Waals surface area contributed by atoms with E-state index in [1.807, 2.05) is 13.0 Å². The van der Waals surface area contributed by atoms with E-state index in [9.17, 15) is 0 Å². The maximum absolute atomic E-state index is 5.85. The van der Waals surface area contributed by atoms with Gasteiger partial charge in [0.1, 0.15) is 11.6 Å². The fourth-order valence-corrected chi connectivity index (χ4v) is 1.32. The Kier molecular flexibility index (Phi) is 4.68. The van der Waals surface area contributed by atoms with Crippen molar-refractivity contribution in [2.75, 3.05) is 11.9 Å². The predicted molar refractivity (Wildman–Crippen MR) is 67.6 cm³/mol. The van der Waals surface area contributed by atoms with Gasteiger partial charge in [0.15, 0.2) is 0 Å². The minimum atomic E-state index is 0.178. The van der Waals surface area contributed by atoms with Crippen LogP contribution in [0.5, 0.6) is 0 Å². The quantitative estimate of drug-likeness (QED) is 0.800. The third-order valence-electron chi connectivity index (χ3n) is 2.46. The van der Waals surface area contributed by atoms with Gasteiger partial charge in [-0.25, -0.2) is 9.97 Å². The first-order valence-corrected chi connectivity index (χ1v) is 5.88. The number of nitrogens with two attached hydrogens (primary N) is 1. The van der Waals surface area contributed by atoms with Crippen molar-refractivity contribution in [1.29, 1.82) is 0 Å². The van der Waals surface area contributed by atoms with Crippen molar-refractivity contribution in [2.45, 2.75) is 46.1 Å². The molecule has 0 saturated heterocycles. The molecule has 1 rings (SSSR count). The Labute approximate surface area is 97.7 Å². The smallest absolute Gasteiger partial charge is 0.133 e. The van der Waals surface area contributed by atoms with E-state index in [0.29, 0.717) is 5.92 Å². The molecule has 0 aliphatic carbocycles. The lowest BCUT2D eigenvalue weighted by Crippen LogP contribution is -2.28. The van der Waals surface area contributed by atoms with E-state index < -0.39 is 0 Å². The molecule has 1 heterocycles. The van der Waals surface area contributed by atoms with Crippen LogP contribution in [0.4, 0.5) is 5.82 Å². The van der Waals surface area contributed by atoms with Crippen molar-refractivity contribution in [1.82, 2.24) is 9.97 Å². The van der Waals surface area contributed by atoms with Crippen LogP contribution in [0, 0.1) is 6.92 Å². The number of anilines is 1. The molecule has 0 saturated carbocycles. The number of nitrogens with one attached hydrogen (secondary N) is 1. The Bertz CT molecular complexity index is 336. The normalized spacial score (nSPS) is 12.9. The van der Waals surface area contributed by atoms with E-state index in [1.165, 1.54) is 0 Å². The Hall–Kier alpha value is -1.16. The Morgan fingerprint density at radius 2 is 2.06 bits per heavy atom. The van der Waals surface area contributed by atoms with Gasteiger partial charge in [0.2, 0.25) is 0 Å². The molecule has 16 heavy (non-hydrogen) atoms. The van der Waals surface area contributed by atoms with Crippen LogP contribution in [0.1, 0.15) is 44.6 Å². The highest BCUT2D eigenvalue weighted by molar-refractivity contribution is 5.36. The van der Waals surface area contributed by atoms with E-state index in [4.69, 9.17) is 5.73 Å². The molecular weight excluding hydrogens is 200 g/mol. The monoisotopic (exact) mass is 222 g/mol. The summed E-state index contributed by atoms with van der Waals surface area (Å²) >= 11 is 0. The molecule has 0 aliphatic heterocycles. The zero-order valence-electron chi connectivity index (χ0n) is 10.6. The summed E-state index contributed by atoms with van der Waals surface area (Å²) in [6.07, 6.45) is 0.966. The van der Waals surface area contributed by atoms with Crippen molar-refractivity contribution in [3.63, 3.8) is 0 Å². The summed E-state index contributed by atoms with van der Waals surface area (Å²) in [5.41, 5.74) is 6.84. The molecule has 90 valence electrons. The zero-order valence-corrected chi connectivity index (χ0v) is 10.6. The highest BCUT2D eigenvalue weighted by Crippen LogP contribution is 2.13. The lowest BCUT2D eigenvalue weighted by Gasteiger charge is -2.13. The Balaban J connectivity index is 2.72. The Morgan fingerprint density at radius 3 is 2.62 bits per heavy atom. The largest absolute Gasteiger partial charge is 0.368 e. The number of rotatable bonds is 5. The SMILES string of the molecule is CCC(N)CNc1cc(C)nc(C(C)C)n1. The maximum atomic E-state index is 5.85. The van der Waals surface area contributed by atoms with Gasteiger partial charge in [-0.1, -0.05) is 20.8 Å². The molecule has 0 bridgehead atoms. The molecule has 0 aliphatic rings. The third kappa shape index (κ3) is 3.77. The molecular formula is C12H22N4. The third-order valence-corrected chi connectivity index (χ3v) is 2.46. The number of aryl methyl sites for hydroxylation is 1. The summed E-state index contributed by atoms with van der Waals surface area (Å²) in [5, 5.41) is 3.26. The second-order valence-corrected chi connectivity index (χ2v) is 4.46. The topological polar surface area (TPSA) is 63.8 Å². The summed E-state index contributed by atoms with van der Waals surface area (Å²) in [7, 11) is 0. The van der Waals surface area contributed by atoms with E-state index in [2.05, 4.69) is 36.1 Å². The molecule has 0 amide bonds. The van der Waals surface area contributed by atoms with Crippen molar-refractivity contribution in [2.24, 2.45) is 5.73 Å². The number of nitrogens with zero attached hydrogens (tertiary/aromatic N) is 2. The minimum absolute atomic E-state index is 0.178.